The summed E-state index contributed by atoms with van der Waals surface area (Å²) in [6, 6.07) is 5.35. The van der Waals surface area contributed by atoms with E-state index in [2.05, 4.69) is 9.80 Å². The van der Waals surface area contributed by atoms with Crippen LogP contribution < -0.4 is 4.90 Å². The second-order valence-corrected chi connectivity index (χ2v) is 5.73. The van der Waals surface area contributed by atoms with Crippen LogP contribution in [0.25, 0.3) is 0 Å². The second kappa shape index (κ2) is 6.12. The number of halogens is 1. The van der Waals surface area contributed by atoms with Crippen LogP contribution in [0.3, 0.4) is 0 Å². The van der Waals surface area contributed by atoms with Crippen LogP contribution in [-0.2, 0) is 4.74 Å². The lowest BCUT2D eigenvalue weighted by molar-refractivity contribution is 0.0209. The highest BCUT2D eigenvalue weighted by atomic mass is 19.1. The SMILES string of the molecule is CC(=O)c1c(F)cccc1N1CCC(N2CCOCC2)C1. The van der Waals surface area contributed by atoms with Gasteiger partial charge < -0.3 is 9.64 Å². The molecule has 4 nitrogen and oxygen atoms in total. The largest absolute Gasteiger partial charge is 0.379 e. The standard InChI is InChI=1S/C16H21FN2O2/c1-12(20)16-14(17)3-2-4-15(16)19-6-5-13(11-19)18-7-9-21-10-8-18/h2-4,13H,5-11H2,1H3. The van der Waals surface area contributed by atoms with Crippen LogP contribution in [0.5, 0.6) is 0 Å². The van der Waals surface area contributed by atoms with Gasteiger partial charge in [-0.05, 0) is 25.5 Å². The molecular weight excluding hydrogens is 271 g/mol. The molecule has 21 heavy (non-hydrogen) atoms. The Hall–Kier alpha value is -1.46. The van der Waals surface area contributed by atoms with Crippen molar-refractivity contribution in [3.8, 4) is 0 Å². The summed E-state index contributed by atoms with van der Waals surface area (Å²) in [7, 11) is 0. The van der Waals surface area contributed by atoms with Gasteiger partial charge in [0.1, 0.15) is 5.82 Å². The van der Waals surface area contributed by atoms with Crippen molar-refractivity contribution in [2.75, 3.05) is 44.3 Å². The van der Waals surface area contributed by atoms with Crippen molar-refractivity contribution in [2.45, 2.75) is 19.4 Å². The van der Waals surface area contributed by atoms with Crippen molar-refractivity contribution in [1.82, 2.24) is 4.90 Å². The number of rotatable bonds is 3. The number of ketones is 1. The highest BCUT2D eigenvalue weighted by Crippen LogP contribution is 2.28. The molecule has 0 amide bonds. The fraction of sp³-hybridized carbons (Fsp3) is 0.562. The summed E-state index contributed by atoms with van der Waals surface area (Å²) in [4.78, 5) is 16.3. The first-order valence-electron chi connectivity index (χ1n) is 7.53. The van der Waals surface area contributed by atoms with Gasteiger partial charge in [-0.2, -0.15) is 0 Å². The van der Waals surface area contributed by atoms with Crippen LogP contribution in [0.1, 0.15) is 23.7 Å². The number of morpholine rings is 1. The molecule has 1 aromatic rings. The van der Waals surface area contributed by atoms with Crippen LogP contribution in [0.4, 0.5) is 10.1 Å². The maximum Gasteiger partial charge on any atom is 0.164 e. The van der Waals surface area contributed by atoms with Gasteiger partial charge in [-0.15, -0.1) is 0 Å². The minimum absolute atomic E-state index is 0.210. The van der Waals surface area contributed by atoms with Gasteiger partial charge in [0.15, 0.2) is 5.78 Å². The lowest BCUT2D eigenvalue weighted by atomic mass is 10.1. The first-order chi connectivity index (χ1) is 10.2. The maximum atomic E-state index is 13.9. The molecule has 0 saturated carbocycles. The van der Waals surface area contributed by atoms with Gasteiger partial charge in [-0.25, -0.2) is 4.39 Å². The molecule has 2 saturated heterocycles. The molecule has 2 aliphatic rings. The summed E-state index contributed by atoms with van der Waals surface area (Å²) < 4.78 is 19.3. The average molecular weight is 292 g/mol. The van der Waals surface area contributed by atoms with Gasteiger partial charge in [0.05, 0.1) is 24.5 Å². The fourth-order valence-corrected chi connectivity index (χ4v) is 3.33. The van der Waals surface area contributed by atoms with E-state index >= 15 is 0 Å². The zero-order valence-electron chi connectivity index (χ0n) is 12.3. The molecule has 1 atom stereocenters. The molecular formula is C16H21FN2O2. The maximum absolute atomic E-state index is 13.9. The molecule has 0 bridgehead atoms. The van der Waals surface area contributed by atoms with Crippen molar-refractivity contribution >= 4 is 11.5 Å². The number of anilines is 1. The Labute approximate surface area is 124 Å². The van der Waals surface area contributed by atoms with E-state index in [4.69, 9.17) is 4.74 Å². The van der Waals surface area contributed by atoms with Gasteiger partial charge in [0, 0.05) is 32.2 Å². The first kappa shape index (κ1) is 14.5. The first-order valence-corrected chi connectivity index (χ1v) is 7.53. The van der Waals surface area contributed by atoms with Crippen LogP contribution in [0.2, 0.25) is 0 Å². The molecule has 0 radical (unpaired) electrons. The van der Waals surface area contributed by atoms with Gasteiger partial charge in [-0.1, -0.05) is 6.07 Å². The van der Waals surface area contributed by atoms with E-state index in [9.17, 15) is 9.18 Å². The summed E-state index contributed by atoms with van der Waals surface area (Å²) >= 11 is 0. The third kappa shape index (κ3) is 2.94. The molecule has 1 aromatic carbocycles. The van der Waals surface area contributed by atoms with Crippen molar-refractivity contribution in [3.63, 3.8) is 0 Å². The Kier molecular flexibility index (Phi) is 4.22. The summed E-state index contributed by atoms with van der Waals surface area (Å²) in [6.45, 7) is 6.64. The van der Waals surface area contributed by atoms with Crippen LogP contribution >= 0.6 is 0 Å². The van der Waals surface area contributed by atoms with E-state index in [0.29, 0.717) is 6.04 Å². The Morgan fingerprint density at radius 2 is 2.05 bits per heavy atom. The van der Waals surface area contributed by atoms with E-state index in [1.54, 1.807) is 6.07 Å². The second-order valence-electron chi connectivity index (χ2n) is 5.73. The van der Waals surface area contributed by atoms with Crippen LogP contribution in [-0.4, -0.2) is 56.1 Å². The van der Waals surface area contributed by atoms with Crippen LogP contribution in [0, 0.1) is 5.82 Å². The number of ether oxygens (including phenoxy) is 1. The molecule has 5 heteroatoms. The topological polar surface area (TPSA) is 32.8 Å². The van der Waals surface area contributed by atoms with E-state index in [0.717, 1.165) is 51.5 Å². The van der Waals surface area contributed by atoms with Crippen molar-refractivity contribution in [1.29, 1.82) is 0 Å². The Balaban J connectivity index is 1.77. The predicted molar refractivity (Wildman–Crippen MR) is 79.4 cm³/mol. The number of hydrogen-bond donors (Lipinski definition) is 0. The number of Topliss-reactive ketones (excluding diaryl/α,β-unsaturated/α-hetero) is 1. The van der Waals surface area contributed by atoms with E-state index in [1.165, 1.54) is 13.0 Å². The molecule has 2 aliphatic heterocycles. The fourth-order valence-electron chi connectivity index (χ4n) is 3.33. The Morgan fingerprint density at radius 3 is 2.76 bits per heavy atom. The lowest BCUT2D eigenvalue weighted by Gasteiger charge is -2.32. The zero-order valence-corrected chi connectivity index (χ0v) is 12.3. The van der Waals surface area contributed by atoms with Crippen molar-refractivity contribution < 1.29 is 13.9 Å². The van der Waals surface area contributed by atoms with Gasteiger partial charge in [0.2, 0.25) is 0 Å². The highest BCUT2D eigenvalue weighted by Gasteiger charge is 2.30. The van der Waals surface area contributed by atoms with E-state index < -0.39 is 5.82 Å². The number of hydrogen-bond acceptors (Lipinski definition) is 4. The summed E-state index contributed by atoms with van der Waals surface area (Å²) in [6.07, 6.45) is 1.05. The summed E-state index contributed by atoms with van der Waals surface area (Å²) in [5.74, 6) is -0.632. The molecule has 1 unspecified atom stereocenters. The van der Waals surface area contributed by atoms with Gasteiger partial charge >= 0.3 is 0 Å². The Morgan fingerprint density at radius 1 is 1.29 bits per heavy atom. The van der Waals surface area contributed by atoms with Crippen molar-refractivity contribution in [2.24, 2.45) is 0 Å². The third-order valence-electron chi connectivity index (χ3n) is 4.41. The molecule has 0 spiro atoms. The molecule has 2 fully saturated rings. The number of benzene rings is 1. The number of carbonyl (C=O) groups is 1. The highest BCUT2D eigenvalue weighted by molar-refractivity contribution is 6.00. The predicted octanol–water partition coefficient (Wildman–Crippen LogP) is 1.94. The molecule has 3 rings (SSSR count). The number of nitrogens with zero attached hydrogens (tertiary/aromatic N) is 2. The molecule has 2 heterocycles. The van der Waals surface area contributed by atoms with E-state index in [-0.39, 0.29) is 11.3 Å². The smallest absolute Gasteiger partial charge is 0.164 e. The quantitative estimate of drug-likeness (QED) is 0.797. The normalized spacial score (nSPS) is 23.5. The zero-order chi connectivity index (χ0) is 14.8. The lowest BCUT2D eigenvalue weighted by Crippen LogP contribution is -2.44. The monoisotopic (exact) mass is 292 g/mol. The Bertz CT molecular complexity index is 529. The third-order valence-corrected chi connectivity index (χ3v) is 4.41. The summed E-state index contributed by atoms with van der Waals surface area (Å²) in [5.41, 5.74) is 0.957. The molecule has 0 aliphatic carbocycles. The van der Waals surface area contributed by atoms with Crippen LogP contribution in [0.15, 0.2) is 18.2 Å². The average Bonchev–Trinajstić information content (AvgIpc) is 2.97. The molecule has 114 valence electrons. The van der Waals surface area contributed by atoms with Gasteiger partial charge in [0.25, 0.3) is 0 Å². The minimum Gasteiger partial charge on any atom is -0.379 e. The summed E-state index contributed by atoms with van der Waals surface area (Å²) in [5, 5.41) is 0. The van der Waals surface area contributed by atoms with Gasteiger partial charge in [-0.3, -0.25) is 9.69 Å². The minimum atomic E-state index is -0.421. The molecule has 0 aromatic heterocycles. The number of carbonyl (C=O) groups excluding carboxylic acids is 1. The molecule has 0 N–H and O–H groups in total. The van der Waals surface area contributed by atoms with Crippen molar-refractivity contribution in [3.05, 3.63) is 29.6 Å². The van der Waals surface area contributed by atoms with E-state index in [1.807, 2.05) is 6.07 Å².